The van der Waals surface area contributed by atoms with Gasteiger partial charge in [-0.1, -0.05) is 29.5 Å². The van der Waals surface area contributed by atoms with E-state index in [-0.39, 0.29) is 27.5 Å². The molecular weight excluding hydrogens is 384 g/mol. The molecule has 0 saturated carbocycles. The van der Waals surface area contributed by atoms with Gasteiger partial charge in [-0.05, 0) is 18.2 Å². The summed E-state index contributed by atoms with van der Waals surface area (Å²) >= 11 is 1.01. The Bertz CT molecular complexity index is 1080. The maximum absolute atomic E-state index is 12.8. The predicted octanol–water partition coefficient (Wildman–Crippen LogP) is 3.39. The summed E-state index contributed by atoms with van der Waals surface area (Å²) in [5.41, 5.74) is 6.74. The molecule has 0 fully saturated rings. The van der Waals surface area contributed by atoms with Gasteiger partial charge in [-0.15, -0.1) is 0 Å². The molecule has 0 atom stereocenters. The Morgan fingerprint density at radius 3 is 2.61 bits per heavy atom. The van der Waals surface area contributed by atoms with Gasteiger partial charge in [0.05, 0.1) is 17.6 Å². The van der Waals surface area contributed by atoms with E-state index in [4.69, 9.17) is 5.73 Å². The zero-order valence-electron chi connectivity index (χ0n) is 14.5. The molecule has 3 rings (SSSR count). The zero-order chi connectivity index (χ0) is 20.3. The van der Waals surface area contributed by atoms with Crippen molar-refractivity contribution in [1.29, 1.82) is 0 Å². The minimum Gasteiger partial charge on any atom is -0.465 e. The highest BCUT2D eigenvalue weighted by Crippen LogP contribution is 2.30. The average Bonchev–Trinajstić information content (AvgIpc) is 3.06. The Labute approximate surface area is 162 Å². The van der Waals surface area contributed by atoms with Crippen molar-refractivity contribution in [3.05, 3.63) is 74.6 Å². The number of nitrogens with zero attached hydrogens (tertiary/aromatic N) is 2. The molecule has 0 amide bonds. The number of methoxy groups -OCH3 is 1. The van der Waals surface area contributed by atoms with Gasteiger partial charge in [-0.25, -0.2) is 9.78 Å². The number of hydrogen-bond donors (Lipinski definition) is 2. The number of rotatable bonds is 6. The van der Waals surface area contributed by atoms with Crippen molar-refractivity contribution in [3.8, 4) is 0 Å². The Morgan fingerprint density at radius 2 is 1.89 bits per heavy atom. The van der Waals surface area contributed by atoms with Crippen LogP contribution in [0.15, 0.2) is 48.5 Å². The first-order valence-corrected chi connectivity index (χ1v) is 8.71. The molecule has 0 spiro atoms. The molecule has 9 nitrogen and oxygen atoms in total. The maximum atomic E-state index is 12.8. The molecule has 1 aromatic heterocycles. The fraction of sp³-hybridized carbons (Fsp3) is 0.0556. The zero-order valence-corrected chi connectivity index (χ0v) is 15.4. The van der Waals surface area contributed by atoms with Crippen LogP contribution in [0.1, 0.15) is 25.6 Å². The molecule has 28 heavy (non-hydrogen) atoms. The first-order valence-electron chi connectivity index (χ1n) is 7.90. The molecule has 10 heteroatoms. The van der Waals surface area contributed by atoms with Gasteiger partial charge in [0.25, 0.3) is 5.69 Å². The van der Waals surface area contributed by atoms with Crippen LogP contribution in [0.4, 0.5) is 22.3 Å². The van der Waals surface area contributed by atoms with Crippen LogP contribution in [-0.4, -0.2) is 28.8 Å². The number of aromatic nitrogens is 1. The molecule has 0 unspecified atom stereocenters. The molecule has 0 saturated heterocycles. The highest BCUT2D eigenvalue weighted by molar-refractivity contribution is 7.18. The van der Waals surface area contributed by atoms with Crippen LogP contribution in [0.5, 0.6) is 0 Å². The van der Waals surface area contributed by atoms with Crippen molar-refractivity contribution >= 4 is 45.4 Å². The molecule has 3 aromatic rings. The number of esters is 1. The van der Waals surface area contributed by atoms with E-state index in [1.807, 2.05) is 0 Å². The lowest BCUT2D eigenvalue weighted by molar-refractivity contribution is -0.384. The molecule has 0 aliphatic heterocycles. The quantitative estimate of drug-likeness (QED) is 0.279. The van der Waals surface area contributed by atoms with Gasteiger partial charge >= 0.3 is 5.97 Å². The third kappa shape index (κ3) is 3.96. The first-order chi connectivity index (χ1) is 13.4. The number of nitrogen functional groups attached to an aromatic ring is 1. The van der Waals surface area contributed by atoms with Crippen LogP contribution in [0, 0.1) is 10.1 Å². The van der Waals surface area contributed by atoms with E-state index in [9.17, 15) is 19.7 Å². The molecule has 1 heterocycles. The van der Waals surface area contributed by atoms with E-state index in [1.54, 1.807) is 18.2 Å². The van der Waals surface area contributed by atoms with Crippen molar-refractivity contribution < 1.29 is 19.2 Å². The Hall–Kier alpha value is -3.79. The van der Waals surface area contributed by atoms with E-state index in [0.717, 1.165) is 11.3 Å². The normalized spacial score (nSPS) is 10.3. The van der Waals surface area contributed by atoms with Crippen LogP contribution in [0.25, 0.3) is 0 Å². The topological polar surface area (TPSA) is 137 Å². The van der Waals surface area contributed by atoms with Crippen molar-refractivity contribution in [2.45, 2.75) is 0 Å². The number of nitro benzene ring substituents is 1. The number of ketones is 1. The number of ether oxygens (including phenoxy) is 1. The van der Waals surface area contributed by atoms with Gasteiger partial charge in [-0.3, -0.25) is 14.9 Å². The predicted molar refractivity (Wildman–Crippen MR) is 104 cm³/mol. The van der Waals surface area contributed by atoms with Gasteiger partial charge < -0.3 is 15.8 Å². The Balaban J connectivity index is 1.86. The average molecular weight is 398 g/mol. The Kier molecular flexibility index (Phi) is 5.32. The van der Waals surface area contributed by atoms with Gasteiger partial charge in [-0.2, -0.15) is 0 Å². The molecule has 142 valence electrons. The Morgan fingerprint density at radius 1 is 1.18 bits per heavy atom. The van der Waals surface area contributed by atoms with Gasteiger partial charge in [0.2, 0.25) is 5.78 Å². The summed E-state index contributed by atoms with van der Waals surface area (Å²) in [6.07, 6.45) is 0. The van der Waals surface area contributed by atoms with Crippen LogP contribution in [-0.2, 0) is 4.74 Å². The fourth-order valence-corrected chi connectivity index (χ4v) is 3.27. The number of nitro groups is 1. The number of carbonyl (C=O) groups excluding carboxylic acids is 2. The summed E-state index contributed by atoms with van der Waals surface area (Å²) in [6.45, 7) is 0. The van der Waals surface area contributed by atoms with E-state index >= 15 is 0 Å². The van der Waals surface area contributed by atoms with Crippen molar-refractivity contribution in [1.82, 2.24) is 4.98 Å². The summed E-state index contributed by atoms with van der Waals surface area (Å²) in [7, 11) is 1.25. The molecule has 0 radical (unpaired) electrons. The number of non-ortho nitro benzene ring substituents is 1. The van der Waals surface area contributed by atoms with E-state index in [0.29, 0.717) is 10.8 Å². The fourth-order valence-electron chi connectivity index (χ4n) is 2.41. The highest BCUT2D eigenvalue weighted by Gasteiger charge is 2.20. The summed E-state index contributed by atoms with van der Waals surface area (Å²) in [5, 5.41) is 14.1. The SMILES string of the molecule is COC(=O)c1cccc(C(=O)c2sc(Nc3cccc([N+](=O)[O-])c3)nc2N)c1. The summed E-state index contributed by atoms with van der Waals surface area (Å²) in [6, 6.07) is 12.0. The van der Waals surface area contributed by atoms with E-state index in [1.165, 1.54) is 37.4 Å². The van der Waals surface area contributed by atoms with E-state index in [2.05, 4.69) is 15.0 Å². The number of carbonyl (C=O) groups is 2. The van der Waals surface area contributed by atoms with Crippen LogP contribution in [0.2, 0.25) is 0 Å². The molecule has 0 aliphatic carbocycles. The summed E-state index contributed by atoms with van der Waals surface area (Å²) < 4.78 is 4.65. The van der Waals surface area contributed by atoms with Gasteiger partial charge in [0, 0.05) is 23.4 Å². The molecule has 2 aromatic carbocycles. The third-order valence-electron chi connectivity index (χ3n) is 3.71. The maximum Gasteiger partial charge on any atom is 0.337 e. The van der Waals surface area contributed by atoms with Gasteiger partial charge in [0.15, 0.2) is 5.13 Å². The molecule has 0 aliphatic rings. The summed E-state index contributed by atoms with van der Waals surface area (Å²) in [4.78, 5) is 39.1. The lowest BCUT2D eigenvalue weighted by atomic mass is 10.1. The number of nitrogens with two attached hydrogens (primary N) is 1. The van der Waals surface area contributed by atoms with E-state index < -0.39 is 16.7 Å². The second-order valence-electron chi connectivity index (χ2n) is 5.57. The third-order valence-corrected chi connectivity index (χ3v) is 4.70. The number of thiazole rings is 1. The van der Waals surface area contributed by atoms with Gasteiger partial charge in [0.1, 0.15) is 10.7 Å². The largest absolute Gasteiger partial charge is 0.465 e. The number of benzene rings is 2. The number of anilines is 3. The number of hydrogen-bond acceptors (Lipinski definition) is 9. The van der Waals surface area contributed by atoms with Crippen LogP contribution in [0.3, 0.4) is 0 Å². The highest BCUT2D eigenvalue weighted by atomic mass is 32.1. The smallest absolute Gasteiger partial charge is 0.337 e. The molecular formula is C18H14N4O5S. The minimum atomic E-state index is -0.556. The van der Waals surface area contributed by atoms with Crippen LogP contribution < -0.4 is 11.1 Å². The lowest BCUT2D eigenvalue weighted by Gasteiger charge is -2.03. The lowest BCUT2D eigenvalue weighted by Crippen LogP contribution is -2.06. The van der Waals surface area contributed by atoms with Crippen molar-refractivity contribution in [2.24, 2.45) is 0 Å². The second-order valence-corrected chi connectivity index (χ2v) is 6.57. The molecule has 0 bridgehead atoms. The summed E-state index contributed by atoms with van der Waals surface area (Å²) in [5.74, 6) is -0.931. The minimum absolute atomic E-state index is 0.0198. The van der Waals surface area contributed by atoms with Crippen LogP contribution >= 0.6 is 11.3 Å². The number of nitrogens with one attached hydrogen (secondary N) is 1. The monoisotopic (exact) mass is 398 g/mol. The van der Waals surface area contributed by atoms with Crippen molar-refractivity contribution in [2.75, 3.05) is 18.2 Å². The van der Waals surface area contributed by atoms with Crippen molar-refractivity contribution in [3.63, 3.8) is 0 Å². The second kappa shape index (κ2) is 7.84. The molecule has 3 N–H and O–H groups in total. The standard InChI is InChI=1S/C18H14N4O5S/c1-27-17(24)11-5-2-4-10(8-11)14(23)15-16(19)21-18(28-15)20-12-6-3-7-13(9-12)22(25)26/h2-9H,19H2,1H3,(H,20,21). The first kappa shape index (κ1) is 19.0.